The van der Waals surface area contributed by atoms with Crippen molar-refractivity contribution < 1.29 is 14.3 Å². The van der Waals surface area contributed by atoms with Crippen molar-refractivity contribution in [2.45, 2.75) is 25.3 Å². The van der Waals surface area contributed by atoms with Crippen LogP contribution in [0.4, 0.5) is 10.5 Å². The Kier molecular flexibility index (Phi) is 3.99. The molecule has 1 atom stereocenters. The predicted octanol–water partition coefficient (Wildman–Crippen LogP) is 3.66. The molecule has 1 unspecified atom stereocenters. The van der Waals surface area contributed by atoms with Gasteiger partial charge >= 0.3 is 6.03 Å². The lowest BCUT2D eigenvalue weighted by atomic mass is 9.88. The van der Waals surface area contributed by atoms with E-state index >= 15 is 0 Å². The molecule has 2 aromatic carbocycles. The first-order valence-corrected chi connectivity index (χ1v) is 8.34. The van der Waals surface area contributed by atoms with Crippen LogP contribution in [0.3, 0.4) is 0 Å². The van der Waals surface area contributed by atoms with Crippen LogP contribution < -0.4 is 20.1 Å². The molecule has 2 aliphatic rings. The molecule has 5 heteroatoms. The number of anilines is 1. The molecule has 2 aromatic rings. The number of aryl methyl sites for hydroxylation is 1. The van der Waals surface area contributed by atoms with Gasteiger partial charge in [-0.25, -0.2) is 4.79 Å². The van der Waals surface area contributed by atoms with Crippen molar-refractivity contribution in [2.24, 2.45) is 0 Å². The third-order valence-electron chi connectivity index (χ3n) is 4.47. The van der Waals surface area contributed by atoms with Gasteiger partial charge in [0.1, 0.15) is 13.2 Å². The largest absolute Gasteiger partial charge is 0.486 e. The highest BCUT2D eigenvalue weighted by atomic mass is 16.6. The summed E-state index contributed by atoms with van der Waals surface area (Å²) in [5, 5.41) is 5.97. The van der Waals surface area contributed by atoms with Gasteiger partial charge in [-0.3, -0.25) is 0 Å². The number of hydrogen-bond acceptors (Lipinski definition) is 3. The minimum absolute atomic E-state index is 0.0622. The van der Waals surface area contributed by atoms with Gasteiger partial charge in [0.2, 0.25) is 0 Å². The molecular formula is C19H20N2O3. The molecule has 1 heterocycles. The molecule has 0 aromatic heterocycles. The molecule has 4 rings (SSSR count). The van der Waals surface area contributed by atoms with E-state index < -0.39 is 0 Å². The molecule has 0 fully saturated rings. The van der Waals surface area contributed by atoms with Crippen LogP contribution in [0.5, 0.6) is 11.5 Å². The number of carbonyl (C=O) groups is 1. The van der Waals surface area contributed by atoms with E-state index in [1.807, 2.05) is 18.2 Å². The topological polar surface area (TPSA) is 59.6 Å². The molecule has 2 N–H and O–H groups in total. The molecule has 2 amide bonds. The lowest BCUT2D eigenvalue weighted by molar-refractivity contribution is 0.171. The third-order valence-corrected chi connectivity index (χ3v) is 4.47. The zero-order chi connectivity index (χ0) is 16.4. The summed E-state index contributed by atoms with van der Waals surface area (Å²) in [6.07, 6.45) is 3.13. The Morgan fingerprint density at radius 2 is 1.88 bits per heavy atom. The summed E-state index contributed by atoms with van der Waals surface area (Å²) in [6, 6.07) is 13.6. The highest BCUT2D eigenvalue weighted by Gasteiger charge is 2.21. The minimum atomic E-state index is -0.201. The van der Waals surface area contributed by atoms with E-state index in [2.05, 4.69) is 28.8 Å². The van der Waals surface area contributed by atoms with E-state index in [-0.39, 0.29) is 12.1 Å². The fourth-order valence-electron chi connectivity index (χ4n) is 3.35. The second-order valence-corrected chi connectivity index (χ2v) is 6.10. The Bertz CT molecular complexity index is 760. The molecule has 5 nitrogen and oxygen atoms in total. The van der Waals surface area contributed by atoms with E-state index in [9.17, 15) is 4.79 Å². The molecule has 1 aliphatic carbocycles. The zero-order valence-electron chi connectivity index (χ0n) is 13.4. The lowest BCUT2D eigenvalue weighted by Crippen LogP contribution is -2.34. The average molecular weight is 324 g/mol. The normalized spacial score (nSPS) is 18.4. The maximum absolute atomic E-state index is 12.4. The van der Waals surface area contributed by atoms with Gasteiger partial charge in [-0.15, -0.1) is 0 Å². The van der Waals surface area contributed by atoms with E-state index in [0.717, 1.165) is 19.3 Å². The number of fused-ring (bicyclic) bond motifs is 2. The van der Waals surface area contributed by atoms with Crippen molar-refractivity contribution in [3.8, 4) is 11.5 Å². The first-order chi connectivity index (χ1) is 11.8. The van der Waals surface area contributed by atoms with Crippen molar-refractivity contribution in [1.82, 2.24) is 5.32 Å². The summed E-state index contributed by atoms with van der Waals surface area (Å²) in [4.78, 5) is 12.4. The standard InChI is InChI=1S/C19H20N2O3/c22-19(20-14-8-9-17-18(12-14)24-11-10-23-17)21-16-7-3-5-13-4-1-2-6-15(13)16/h1-2,4,6,8-9,12,16H,3,5,7,10-11H2,(H2,20,21,22). The third kappa shape index (κ3) is 3.02. The highest BCUT2D eigenvalue weighted by molar-refractivity contribution is 5.90. The van der Waals surface area contributed by atoms with E-state index in [1.54, 1.807) is 6.07 Å². The number of nitrogens with one attached hydrogen (secondary N) is 2. The number of rotatable bonds is 2. The van der Waals surface area contributed by atoms with Crippen LogP contribution in [0, 0.1) is 0 Å². The molecule has 0 saturated carbocycles. The fourth-order valence-corrected chi connectivity index (χ4v) is 3.35. The quantitative estimate of drug-likeness (QED) is 0.886. The van der Waals surface area contributed by atoms with Crippen LogP contribution in [0.25, 0.3) is 0 Å². The van der Waals surface area contributed by atoms with Crippen molar-refractivity contribution in [3.63, 3.8) is 0 Å². The maximum atomic E-state index is 12.4. The smallest absolute Gasteiger partial charge is 0.319 e. The van der Waals surface area contributed by atoms with Crippen molar-refractivity contribution in [2.75, 3.05) is 18.5 Å². The summed E-state index contributed by atoms with van der Waals surface area (Å²) < 4.78 is 11.0. The van der Waals surface area contributed by atoms with Gasteiger partial charge in [0.25, 0.3) is 0 Å². The molecule has 0 bridgehead atoms. The lowest BCUT2D eigenvalue weighted by Gasteiger charge is -2.26. The van der Waals surface area contributed by atoms with E-state index in [4.69, 9.17) is 9.47 Å². The summed E-state index contributed by atoms with van der Waals surface area (Å²) >= 11 is 0. The van der Waals surface area contributed by atoms with Crippen molar-refractivity contribution >= 4 is 11.7 Å². The number of ether oxygens (including phenoxy) is 2. The Labute approximate surface area is 141 Å². The molecule has 0 spiro atoms. The van der Waals surface area contributed by atoms with Crippen LogP contribution in [0.1, 0.15) is 30.0 Å². The van der Waals surface area contributed by atoms with E-state index in [0.29, 0.717) is 30.4 Å². The summed E-state index contributed by atoms with van der Waals surface area (Å²) in [6.45, 7) is 1.09. The van der Waals surface area contributed by atoms with Gasteiger partial charge in [-0.2, -0.15) is 0 Å². The summed E-state index contributed by atoms with van der Waals surface area (Å²) in [7, 11) is 0. The second-order valence-electron chi connectivity index (χ2n) is 6.10. The van der Waals surface area contributed by atoms with E-state index in [1.165, 1.54) is 11.1 Å². The molecule has 0 saturated heterocycles. The van der Waals surface area contributed by atoms with Crippen molar-refractivity contribution in [1.29, 1.82) is 0 Å². The maximum Gasteiger partial charge on any atom is 0.319 e. The Morgan fingerprint density at radius 3 is 2.79 bits per heavy atom. The monoisotopic (exact) mass is 324 g/mol. The minimum Gasteiger partial charge on any atom is -0.486 e. The van der Waals surface area contributed by atoms with Gasteiger partial charge < -0.3 is 20.1 Å². The van der Waals surface area contributed by atoms with Crippen LogP contribution in [0.2, 0.25) is 0 Å². The Morgan fingerprint density at radius 1 is 1.04 bits per heavy atom. The SMILES string of the molecule is O=C(Nc1ccc2c(c1)OCCO2)NC1CCCc2ccccc21. The molecule has 24 heavy (non-hydrogen) atoms. The number of hydrogen-bond donors (Lipinski definition) is 2. The van der Waals surface area contributed by atoms with Crippen LogP contribution >= 0.6 is 0 Å². The number of urea groups is 1. The fraction of sp³-hybridized carbons (Fsp3) is 0.316. The second kappa shape index (κ2) is 6.43. The predicted molar refractivity (Wildman–Crippen MR) is 91.7 cm³/mol. The molecule has 1 aliphatic heterocycles. The van der Waals surface area contributed by atoms with Crippen molar-refractivity contribution in [3.05, 3.63) is 53.6 Å². The van der Waals surface area contributed by atoms with Gasteiger partial charge in [0.05, 0.1) is 6.04 Å². The summed E-state index contributed by atoms with van der Waals surface area (Å²) in [5.74, 6) is 1.38. The van der Waals surface area contributed by atoms with Gasteiger partial charge in [-0.1, -0.05) is 24.3 Å². The molecule has 124 valence electrons. The number of carbonyl (C=O) groups excluding carboxylic acids is 1. The first-order valence-electron chi connectivity index (χ1n) is 8.34. The van der Waals surface area contributed by atoms with Gasteiger partial charge in [0, 0.05) is 11.8 Å². The highest BCUT2D eigenvalue weighted by Crippen LogP contribution is 2.33. The van der Waals surface area contributed by atoms with Crippen LogP contribution in [-0.4, -0.2) is 19.2 Å². The molecule has 0 radical (unpaired) electrons. The number of amides is 2. The summed E-state index contributed by atoms with van der Waals surface area (Å²) in [5.41, 5.74) is 3.25. The first kappa shape index (κ1) is 14.9. The van der Waals surface area contributed by atoms with Gasteiger partial charge in [0.15, 0.2) is 11.5 Å². The van der Waals surface area contributed by atoms with Crippen LogP contribution in [-0.2, 0) is 6.42 Å². The van der Waals surface area contributed by atoms with Gasteiger partial charge in [-0.05, 0) is 42.5 Å². The van der Waals surface area contributed by atoms with Crippen LogP contribution in [0.15, 0.2) is 42.5 Å². The Hall–Kier alpha value is -2.69. The Balaban J connectivity index is 1.44. The number of benzene rings is 2. The average Bonchev–Trinajstić information content (AvgIpc) is 2.62. The molecular weight excluding hydrogens is 304 g/mol. The zero-order valence-corrected chi connectivity index (χ0v) is 13.4.